The smallest absolute Gasteiger partial charge is 0.256 e. The third-order valence-corrected chi connectivity index (χ3v) is 7.16. The lowest BCUT2D eigenvalue weighted by Gasteiger charge is -2.34. The Balaban J connectivity index is 1.40. The van der Waals surface area contributed by atoms with Gasteiger partial charge in [-0.1, -0.05) is 24.8 Å². The molecule has 1 saturated heterocycles. The van der Waals surface area contributed by atoms with Crippen LogP contribution >= 0.6 is 0 Å². The summed E-state index contributed by atoms with van der Waals surface area (Å²) in [5, 5.41) is 2.82. The lowest BCUT2D eigenvalue weighted by molar-refractivity contribution is -0.129. The van der Waals surface area contributed by atoms with E-state index in [1.54, 1.807) is 30.5 Å². The molecular formula is C29H28N6O2. The van der Waals surface area contributed by atoms with E-state index in [0.29, 0.717) is 23.8 Å². The zero-order valence-corrected chi connectivity index (χ0v) is 20.5. The number of nitrogens with one attached hydrogen (secondary N) is 1. The highest BCUT2D eigenvalue weighted by Gasteiger charge is 2.34. The van der Waals surface area contributed by atoms with Crippen LogP contribution in [0.25, 0.3) is 16.8 Å². The summed E-state index contributed by atoms with van der Waals surface area (Å²) in [7, 11) is 0. The molecule has 1 aliphatic heterocycles. The molecule has 1 aliphatic carbocycles. The molecule has 1 aromatic carbocycles. The van der Waals surface area contributed by atoms with Crippen LogP contribution in [0.1, 0.15) is 65.9 Å². The van der Waals surface area contributed by atoms with Gasteiger partial charge in [-0.3, -0.25) is 19.0 Å². The van der Waals surface area contributed by atoms with Crippen LogP contribution in [0.15, 0.2) is 73.7 Å². The van der Waals surface area contributed by atoms with Crippen LogP contribution in [0.2, 0.25) is 0 Å². The average molecular weight is 493 g/mol. The predicted octanol–water partition coefficient (Wildman–Crippen LogP) is 5.16. The number of aromatic nitrogens is 4. The highest BCUT2D eigenvalue weighted by molar-refractivity contribution is 6.04. The molecule has 2 fully saturated rings. The Morgan fingerprint density at radius 1 is 1.00 bits per heavy atom. The molecule has 1 saturated carbocycles. The van der Waals surface area contributed by atoms with Gasteiger partial charge in [-0.05, 0) is 62.4 Å². The minimum Gasteiger partial charge on any atom is -0.329 e. The van der Waals surface area contributed by atoms with Gasteiger partial charge in [-0.2, -0.15) is 0 Å². The van der Waals surface area contributed by atoms with Crippen molar-refractivity contribution in [2.24, 2.45) is 0 Å². The van der Waals surface area contributed by atoms with Gasteiger partial charge < -0.3 is 10.2 Å². The van der Waals surface area contributed by atoms with E-state index < -0.39 is 0 Å². The molecule has 1 atom stereocenters. The number of carbonyl (C=O) groups excluding carboxylic acids is 2. The van der Waals surface area contributed by atoms with Crippen LogP contribution in [0.4, 0.5) is 5.82 Å². The van der Waals surface area contributed by atoms with Crippen LogP contribution in [0.5, 0.6) is 0 Å². The minimum absolute atomic E-state index is 0.0669. The first-order chi connectivity index (χ1) is 18.1. The van der Waals surface area contributed by atoms with Crippen molar-refractivity contribution in [1.82, 2.24) is 24.3 Å². The minimum atomic E-state index is -0.221. The second-order valence-corrected chi connectivity index (χ2v) is 9.62. The third kappa shape index (κ3) is 4.39. The van der Waals surface area contributed by atoms with Crippen molar-refractivity contribution >= 4 is 23.1 Å². The summed E-state index contributed by atoms with van der Waals surface area (Å²) in [6.07, 6.45) is 11.9. The van der Waals surface area contributed by atoms with E-state index in [2.05, 4.69) is 21.3 Å². The number of likely N-dealkylation sites (tertiary alicyclic amines) is 1. The fraction of sp³-hybridized carbons (Fsp3) is 0.276. The second-order valence-electron chi connectivity index (χ2n) is 9.62. The summed E-state index contributed by atoms with van der Waals surface area (Å²) < 4.78 is 2.12. The quantitative estimate of drug-likeness (QED) is 0.375. The van der Waals surface area contributed by atoms with E-state index >= 15 is 0 Å². The van der Waals surface area contributed by atoms with Crippen molar-refractivity contribution in [3.63, 3.8) is 0 Å². The number of hydrogen-bond acceptors (Lipinski definition) is 5. The van der Waals surface area contributed by atoms with Crippen molar-refractivity contribution < 1.29 is 9.59 Å². The SMILES string of the molecule is C=CC(=O)N1CCCCC1c1nc(-c2ccc(C(=O)Nc3ccccn3)cc2)c2c(C3CC3)nccn12. The molecule has 37 heavy (non-hydrogen) atoms. The molecule has 2 amide bonds. The highest BCUT2D eigenvalue weighted by atomic mass is 16.2. The van der Waals surface area contributed by atoms with Crippen LogP contribution in [-0.4, -0.2) is 42.6 Å². The molecule has 8 heteroatoms. The fourth-order valence-corrected chi connectivity index (χ4v) is 5.16. The maximum atomic E-state index is 12.7. The fourth-order valence-electron chi connectivity index (χ4n) is 5.16. The van der Waals surface area contributed by atoms with Crippen molar-refractivity contribution in [1.29, 1.82) is 0 Å². The monoisotopic (exact) mass is 492 g/mol. The molecule has 0 bridgehead atoms. The van der Waals surface area contributed by atoms with Gasteiger partial charge in [0.1, 0.15) is 11.6 Å². The maximum absolute atomic E-state index is 12.7. The van der Waals surface area contributed by atoms with Gasteiger partial charge in [0, 0.05) is 42.2 Å². The first-order valence-electron chi connectivity index (χ1n) is 12.8. The average Bonchev–Trinajstić information content (AvgIpc) is 3.73. The van der Waals surface area contributed by atoms with Gasteiger partial charge in [0.25, 0.3) is 5.91 Å². The second kappa shape index (κ2) is 9.61. The molecule has 4 aromatic rings. The number of rotatable bonds is 6. The number of fused-ring (bicyclic) bond motifs is 1. The van der Waals surface area contributed by atoms with Gasteiger partial charge in [0.15, 0.2) is 0 Å². The van der Waals surface area contributed by atoms with Gasteiger partial charge in [-0.25, -0.2) is 9.97 Å². The van der Waals surface area contributed by atoms with Gasteiger partial charge in [-0.15, -0.1) is 0 Å². The van der Waals surface area contributed by atoms with Crippen molar-refractivity contribution in [2.45, 2.75) is 44.1 Å². The van der Waals surface area contributed by atoms with Crippen LogP contribution in [0, 0.1) is 0 Å². The molecular weight excluding hydrogens is 464 g/mol. The molecule has 186 valence electrons. The number of nitrogens with zero attached hydrogens (tertiary/aromatic N) is 5. The third-order valence-electron chi connectivity index (χ3n) is 7.16. The summed E-state index contributed by atoms with van der Waals surface area (Å²) in [6.45, 7) is 4.40. The van der Waals surface area contributed by atoms with Gasteiger partial charge in [0.2, 0.25) is 5.91 Å². The summed E-state index contributed by atoms with van der Waals surface area (Å²) >= 11 is 0. The summed E-state index contributed by atoms with van der Waals surface area (Å²) in [5.41, 5.74) is 4.31. The van der Waals surface area contributed by atoms with Crippen molar-refractivity contribution in [2.75, 3.05) is 11.9 Å². The maximum Gasteiger partial charge on any atom is 0.256 e. The zero-order chi connectivity index (χ0) is 25.4. The number of piperidine rings is 1. The van der Waals surface area contributed by atoms with Crippen molar-refractivity contribution in [3.05, 3.63) is 90.8 Å². The Kier molecular flexibility index (Phi) is 6.00. The van der Waals surface area contributed by atoms with Crippen LogP contribution in [0.3, 0.4) is 0 Å². The highest BCUT2D eigenvalue weighted by Crippen LogP contribution is 2.44. The van der Waals surface area contributed by atoms with E-state index in [1.165, 1.54) is 6.08 Å². The Morgan fingerprint density at radius 2 is 1.84 bits per heavy atom. The zero-order valence-electron chi connectivity index (χ0n) is 20.5. The van der Waals surface area contributed by atoms with Crippen LogP contribution < -0.4 is 5.32 Å². The Labute approximate surface area is 215 Å². The first-order valence-corrected chi connectivity index (χ1v) is 12.8. The van der Waals surface area contributed by atoms with Crippen molar-refractivity contribution in [3.8, 4) is 11.3 Å². The molecule has 6 rings (SSSR count). The van der Waals surface area contributed by atoms with E-state index in [9.17, 15) is 9.59 Å². The number of carbonyl (C=O) groups is 2. The van der Waals surface area contributed by atoms with E-state index in [4.69, 9.17) is 9.97 Å². The lowest BCUT2D eigenvalue weighted by Crippen LogP contribution is -2.38. The van der Waals surface area contributed by atoms with E-state index in [0.717, 1.165) is 60.4 Å². The molecule has 0 spiro atoms. The largest absolute Gasteiger partial charge is 0.329 e. The predicted molar refractivity (Wildman–Crippen MR) is 141 cm³/mol. The summed E-state index contributed by atoms with van der Waals surface area (Å²) in [4.78, 5) is 41.4. The summed E-state index contributed by atoms with van der Waals surface area (Å²) in [5.74, 6) is 1.49. The standard InChI is InChI=1S/C29H28N6O2/c1-2-24(36)34-17-6-4-7-22(34)28-33-26(27-25(19-9-10-19)31-16-18-35(27)28)20-11-13-21(14-12-20)29(37)32-23-8-3-5-15-30-23/h2-3,5,8,11-16,18-19,22H,1,4,6-7,9-10,17H2,(H,30,32,37). The molecule has 2 aliphatic rings. The van der Waals surface area contributed by atoms with Gasteiger partial charge >= 0.3 is 0 Å². The lowest BCUT2D eigenvalue weighted by atomic mass is 10.0. The number of amides is 2. The number of imidazole rings is 1. The Hall–Kier alpha value is -4.33. The molecule has 0 radical (unpaired) electrons. The number of anilines is 1. The molecule has 3 aromatic heterocycles. The van der Waals surface area contributed by atoms with E-state index in [1.807, 2.05) is 35.5 Å². The van der Waals surface area contributed by atoms with Crippen LogP contribution in [-0.2, 0) is 4.79 Å². The Morgan fingerprint density at radius 3 is 2.57 bits per heavy atom. The molecule has 8 nitrogen and oxygen atoms in total. The number of benzene rings is 1. The first kappa shape index (κ1) is 23.1. The van der Waals surface area contributed by atoms with E-state index in [-0.39, 0.29) is 17.9 Å². The molecule has 1 unspecified atom stereocenters. The number of pyridine rings is 1. The van der Waals surface area contributed by atoms with Gasteiger partial charge in [0.05, 0.1) is 22.9 Å². The normalized spacial score (nSPS) is 17.5. The number of hydrogen-bond donors (Lipinski definition) is 1. The summed E-state index contributed by atoms with van der Waals surface area (Å²) in [6, 6.07) is 12.7. The molecule has 1 N–H and O–H groups in total. The Bertz CT molecular complexity index is 1470. The topological polar surface area (TPSA) is 92.5 Å². The molecule has 4 heterocycles.